The zero-order valence-corrected chi connectivity index (χ0v) is 15.7. The minimum absolute atomic E-state index is 0.261. The Hall–Kier alpha value is -1.05. The Balaban J connectivity index is 1.68. The summed E-state index contributed by atoms with van der Waals surface area (Å²) in [5, 5.41) is 0. The fourth-order valence-electron chi connectivity index (χ4n) is 7.13. The quantitative estimate of drug-likeness (QED) is 0.688. The van der Waals surface area contributed by atoms with Gasteiger partial charge in [-0.25, -0.2) is 0 Å². The van der Waals surface area contributed by atoms with Gasteiger partial charge in [0.2, 0.25) is 0 Å². The van der Waals surface area contributed by atoms with Crippen LogP contribution in [0.1, 0.15) is 65.7 Å². The van der Waals surface area contributed by atoms with Gasteiger partial charge in [-0.1, -0.05) is 19.9 Å². The maximum atomic E-state index is 12.2. The summed E-state index contributed by atoms with van der Waals surface area (Å²) in [7, 11) is 1.80. The Morgan fingerprint density at radius 2 is 1.96 bits per heavy atom. The van der Waals surface area contributed by atoms with Crippen molar-refractivity contribution in [3.8, 4) is 0 Å². The van der Waals surface area contributed by atoms with Gasteiger partial charge in [-0.05, 0) is 85.7 Å². The van der Waals surface area contributed by atoms with Gasteiger partial charge in [0.1, 0.15) is 5.78 Å². The van der Waals surface area contributed by atoms with Crippen molar-refractivity contribution >= 4 is 5.78 Å². The summed E-state index contributed by atoms with van der Waals surface area (Å²) in [5.74, 6) is 4.20. The summed E-state index contributed by atoms with van der Waals surface area (Å²) >= 11 is 0. The highest BCUT2D eigenvalue weighted by molar-refractivity contribution is 5.79. The first-order valence-corrected chi connectivity index (χ1v) is 9.86. The number of hydrogen-bond donors (Lipinski definition) is 0. The molecule has 6 atom stereocenters. The van der Waals surface area contributed by atoms with Gasteiger partial charge in [-0.2, -0.15) is 0 Å². The van der Waals surface area contributed by atoms with Crippen molar-refractivity contribution in [1.29, 1.82) is 0 Å². The lowest BCUT2D eigenvalue weighted by Crippen LogP contribution is -2.49. The second-order valence-electron chi connectivity index (χ2n) is 9.29. The molecule has 132 valence electrons. The molecule has 24 heavy (non-hydrogen) atoms. The Morgan fingerprint density at radius 3 is 2.67 bits per heavy atom. The van der Waals surface area contributed by atoms with Gasteiger partial charge >= 0.3 is 0 Å². The average molecular weight is 328 g/mol. The maximum absolute atomic E-state index is 12.2. The van der Waals surface area contributed by atoms with Crippen LogP contribution < -0.4 is 0 Å². The third-order valence-electron chi connectivity index (χ3n) is 8.49. The van der Waals surface area contributed by atoms with Crippen molar-refractivity contribution in [1.82, 2.24) is 0 Å². The minimum atomic E-state index is 0.261. The first-order valence-electron chi connectivity index (χ1n) is 9.86. The molecule has 2 nitrogen and oxygen atoms in total. The molecular weight excluding hydrogens is 296 g/mol. The molecule has 2 heteroatoms. The summed E-state index contributed by atoms with van der Waals surface area (Å²) in [6.45, 7) is 6.75. The Labute approximate surface area is 146 Å². The molecule has 4 aliphatic carbocycles. The molecule has 0 aliphatic heterocycles. The van der Waals surface area contributed by atoms with E-state index in [-0.39, 0.29) is 5.41 Å². The molecule has 2 saturated carbocycles. The first kappa shape index (κ1) is 16.4. The number of methoxy groups -OCH3 is 1. The van der Waals surface area contributed by atoms with E-state index in [1.807, 2.05) is 6.92 Å². The van der Waals surface area contributed by atoms with Gasteiger partial charge in [0.15, 0.2) is 0 Å². The van der Waals surface area contributed by atoms with Crippen LogP contribution in [-0.2, 0) is 9.53 Å². The molecular formula is C22H32O2. The van der Waals surface area contributed by atoms with Crippen LogP contribution in [0.2, 0.25) is 0 Å². The zero-order chi connectivity index (χ0) is 17.1. The van der Waals surface area contributed by atoms with Crippen LogP contribution in [-0.4, -0.2) is 12.9 Å². The number of carbonyl (C=O) groups is 1. The summed E-state index contributed by atoms with van der Waals surface area (Å²) in [4.78, 5) is 12.2. The molecule has 0 bridgehead atoms. The number of Topliss-reactive ketones (excluding diaryl/α,β-unsaturated/α-hetero) is 1. The molecule has 4 aliphatic rings. The van der Waals surface area contributed by atoms with E-state index in [9.17, 15) is 4.79 Å². The molecule has 0 aromatic rings. The van der Waals surface area contributed by atoms with Gasteiger partial charge < -0.3 is 4.74 Å². The predicted octanol–water partition coefficient (Wildman–Crippen LogP) is 5.29. The lowest BCUT2D eigenvalue weighted by atomic mass is 9.48. The van der Waals surface area contributed by atoms with E-state index in [1.165, 1.54) is 37.7 Å². The minimum Gasteiger partial charge on any atom is -0.501 e. The lowest BCUT2D eigenvalue weighted by molar-refractivity contribution is -0.127. The molecule has 0 N–H and O–H groups in total. The third-order valence-corrected chi connectivity index (χ3v) is 8.49. The van der Waals surface area contributed by atoms with Crippen LogP contribution in [0.3, 0.4) is 0 Å². The average Bonchev–Trinajstić information content (AvgIpc) is 2.91. The van der Waals surface area contributed by atoms with Crippen LogP contribution in [0.4, 0.5) is 0 Å². The molecule has 4 rings (SSSR count). The molecule has 0 aromatic carbocycles. The van der Waals surface area contributed by atoms with Crippen molar-refractivity contribution in [2.75, 3.05) is 7.11 Å². The Kier molecular flexibility index (Phi) is 3.75. The fourth-order valence-corrected chi connectivity index (χ4v) is 7.13. The number of ketones is 1. The van der Waals surface area contributed by atoms with Gasteiger partial charge in [0.25, 0.3) is 0 Å². The standard InChI is InChI=1S/C22H32O2/c1-14(23)18-7-8-19-17-6-5-15-13-16(24-4)9-11-21(15,2)20(17)10-12-22(18,19)3/h5,13,17-20H,6-12H2,1-4H3/t17-,18+,19-,20-,21+,22-/m1/s1. The van der Waals surface area contributed by atoms with Crippen molar-refractivity contribution in [2.45, 2.75) is 65.7 Å². The number of ether oxygens (including phenoxy) is 1. The van der Waals surface area contributed by atoms with E-state index in [0.717, 1.165) is 36.4 Å². The van der Waals surface area contributed by atoms with Crippen LogP contribution in [0.15, 0.2) is 23.5 Å². The van der Waals surface area contributed by atoms with E-state index < -0.39 is 0 Å². The topological polar surface area (TPSA) is 26.3 Å². The van der Waals surface area contributed by atoms with E-state index in [2.05, 4.69) is 26.0 Å². The van der Waals surface area contributed by atoms with E-state index >= 15 is 0 Å². The molecule has 0 amide bonds. The van der Waals surface area contributed by atoms with Crippen LogP contribution in [0.25, 0.3) is 0 Å². The monoisotopic (exact) mass is 328 g/mol. The van der Waals surface area contributed by atoms with Gasteiger partial charge in [-0.3, -0.25) is 4.79 Å². The lowest BCUT2D eigenvalue weighted by Gasteiger charge is -2.56. The predicted molar refractivity (Wildman–Crippen MR) is 96.3 cm³/mol. The molecule has 0 aromatic heterocycles. The fraction of sp³-hybridized carbons (Fsp3) is 0.773. The van der Waals surface area contributed by atoms with Gasteiger partial charge in [-0.15, -0.1) is 0 Å². The van der Waals surface area contributed by atoms with Crippen LogP contribution >= 0.6 is 0 Å². The number of fused-ring (bicyclic) bond motifs is 5. The van der Waals surface area contributed by atoms with Crippen LogP contribution in [0.5, 0.6) is 0 Å². The van der Waals surface area contributed by atoms with Gasteiger partial charge in [0.05, 0.1) is 12.9 Å². The smallest absolute Gasteiger partial charge is 0.133 e. The van der Waals surface area contributed by atoms with Gasteiger partial charge in [0, 0.05) is 12.3 Å². The molecule has 0 spiro atoms. The van der Waals surface area contributed by atoms with Crippen molar-refractivity contribution in [2.24, 2.45) is 34.5 Å². The highest BCUT2D eigenvalue weighted by Gasteiger charge is 2.58. The highest BCUT2D eigenvalue weighted by Crippen LogP contribution is 2.66. The Bertz CT molecular complexity index is 615. The summed E-state index contributed by atoms with van der Waals surface area (Å²) < 4.78 is 5.53. The second kappa shape index (κ2) is 5.47. The van der Waals surface area contributed by atoms with Crippen molar-refractivity contribution in [3.63, 3.8) is 0 Å². The summed E-state index contributed by atoms with van der Waals surface area (Å²) in [5.41, 5.74) is 2.11. The third kappa shape index (κ3) is 2.10. The second-order valence-corrected chi connectivity index (χ2v) is 9.29. The highest BCUT2D eigenvalue weighted by atomic mass is 16.5. The van der Waals surface area contributed by atoms with E-state index in [0.29, 0.717) is 17.1 Å². The van der Waals surface area contributed by atoms with Crippen molar-refractivity contribution in [3.05, 3.63) is 23.5 Å². The Morgan fingerprint density at radius 1 is 1.17 bits per heavy atom. The number of carbonyl (C=O) groups excluding carboxylic acids is 1. The molecule has 0 saturated heterocycles. The molecule has 0 radical (unpaired) electrons. The largest absolute Gasteiger partial charge is 0.501 e. The van der Waals surface area contributed by atoms with E-state index in [4.69, 9.17) is 4.74 Å². The maximum Gasteiger partial charge on any atom is 0.133 e. The number of hydrogen-bond acceptors (Lipinski definition) is 2. The molecule has 0 heterocycles. The molecule has 2 fully saturated rings. The number of allylic oxidation sites excluding steroid dienone is 4. The summed E-state index contributed by atoms with van der Waals surface area (Å²) in [6, 6.07) is 0. The zero-order valence-electron chi connectivity index (χ0n) is 15.7. The van der Waals surface area contributed by atoms with Crippen molar-refractivity contribution < 1.29 is 9.53 Å². The summed E-state index contributed by atoms with van der Waals surface area (Å²) in [6.07, 6.45) is 13.3. The number of rotatable bonds is 2. The van der Waals surface area contributed by atoms with Crippen LogP contribution in [0, 0.1) is 34.5 Å². The molecule has 0 unspecified atom stereocenters. The SMILES string of the molecule is COC1=CC2=CC[C@@H]3[C@H]4CC[C@@H](C(C)=O)[C@@]4(C)CC[C@H]3[C@@]2(C)CC1. The van der Waals surface area contributed by atoms with E-state index in [1.54, 1.807) is 7.11 Å². The normalized spacial score (nSPS) is 47.0. The first-order chi connectivity index (χ1) is 11.4.